The van der Waals surface area contributed by atoms with Gasteiger partial charge in [0.25, 0.3) is 11.8 Å². The summed E-state index contributed by atoms with van der Waals surface area (Å²) >= 11 is 9.60. The van der Waals surface area contributed by atoms with Crippen molar-refractivity contribution >= 4 is 56.2 Å². The number of hydrogen-bond acceptors (Lipinski definition) is 5. The molecule has 1 heterocycles. The molecular weight excluding hydrogens is 522 g/mol. The van der Waals surface area contributed by atoms with Gasteiger partial charge >= 0.3 is 5.97 Å². The first kappa shape index (κ1) is 23.4. The lowest BCUT2D eigenvalue weighted by Gasteiger charge is -2.11. The molecule has 0 saturated heterocycles. The monoisotopic (exact) mass is 537 g/mol. The second kappa shape index (κ2) is 10.5. The zero-order valence-corrected chi connectivity index (χ0v) is 19.9. The molecule has 0 aliphatic rings. The van der Waals surface area contributed by atoms with Crippen LogP contribution in [0.2, 0.25) is 5.02 Å². The van der Waals surface area contributed by atoms with Crippen molar-refractivity contribution in [2.45, 2.75) is 0 Å². The first-order valence-corrected chi connectivity index (χ1v) is 11.3. The number of ether oxygens (including phenoxy) is 1. The van der Waals surface area contributed by atoms with Crippen molar-refractivity contribution in [1.29, 1.82) is 0 Å². The Balaban J connectivity index is 1.46. The highest BCUT2D eigenvalue weighted by molar-refractivity contribution is 9.10. The quantitative estimate of drug-likeness (QED) is 0.277. The number of halogens is 2. The number of carbonyl (C=O) groups excluding carboxylic acids is 3. The predicted octanol–water partition coefficient (Wildman–Crippen LogP) is 4.94. The molecule has 0 aliphatic carbocycles. The summed E-state index contributed by atoms with van der Waals surface area (Å²) in [6.45, 7) is -0.586. The number of fused-ring (bicyclic) bond motifs is 1. The largest absolute Gasteiger partial charge is 0.452 e. The van der Waals surface area contributed by atoms with E-state index in [0.29, 0.717) is 32.7 Å². The predicted molar refractivity (Wildman–Crippen MR) is 132 cm³/mol. The number of carbonyl (C=O) groups is 3. The molecule has 3 aromatic carbocycles. The highest BCUT2D eigenvalue weighted by Crippen LogP contribution is 2.30. The molecule has 1 aromatic heterocycles. The number of rotatable bonds is 5. The van der Waals surface area contributed by atoms with Gasteiger partial charge in [-0.1, -0.05) is 63.9 Å². The fraction of sp³-hybridized carbons (Fsp3) is 0.0400. The minimum Gasteiger partial charge on any atom is -0.452 e. The molecule has 170 valence electrons. The van der Waals surface area contributed by atoms with Crippen LogP contribution in [0.5, 0.6) is 0 Å². The molecule has 9 heteroatoms. The molecule has 0 saturated carbocycles. The second-order valence-corrected chi connectivity index (χ2v) is 8.46. The SMILES string of the molecule is O=C(COC(=O)c1cc(-c2ccccc2Cl)nc2ccccc12)NNC(=O)c1ccc(Br)cc1. The molecule has 4 aromatic rings. The number of aromatic nitrogens is 1. The van der Waals surface area contributed by atoms with Gasteiger partial charge in [0.1, 0.15) is 0 Å². The van der Waals surface area contributed by atoms with E-state index in [9.17, 15) is 14.4 Å². The van der Waals surface area contributed by atoms with Gasteiger partial charge in [-0.25, -0.2) is 9.78 Å². The maximum absolute atomic E-state index is 12.9. The topological polar surface area (TPSA) is 97.4 Å². The van der Waals surface area contributed by atoms with Crippen LogP contribution in [0.15, 0.2) is 83.3 Å². The maximum Gasteiger partial charge on any atom is 0.339 e. The Kier molecular flexibility index (Phi) is 7.20. The van der Waals surface area contributed by atoms with Crippen molar-refractivity contribution in [3.63, 3.8) is 0 Å². The summed E-state index contributed by atoms with van der Waals surface area (Å²) in [6.07, 6.45) is 0. The Bertz CT molecular complexity index is 1390. The average Bonchev–Trinajstić information content (AvgIpc) is 2.85. The Morgan fingerprint density at radius 1 is 0.912 bits per heavy atom. The van der Waals surface area contributed by atoms with Gasteiger partial charge in [-0.05, 0) is 42.5 Å². The third-order valence-corrected chi connectivity index (χ3v) is 5.70. The third kappa shape index (κ3) is 5.41. The van der Waals surface area contributed by atoms with Gasteiger partial charge < -0.3 is 4.74 Å². The van der Waals surface area contributed by atoms with Crippen LogP contribution >= 0.6 is 27.5 Å². The lowest BCUT2D eigenvalue weighted by atomic mass is 10.0. The smallest absolute Gasteiger partial charge is 0.339 e. The Labute approximate surface area is 208 Å². The summed E-state index contributed by atoms with van der Waals surface area (Å²) in [6, 6.07) is 22.4. The summed E-state index contributed by atoms with van der Waals surface area (Å²) < 4.78 is 6.02. The highest BCUT2D eigenvalue weighted by atomic mass is 79.9. The lowest BCUT2D eigenvalue weighted by Crippen LogP contribution is -2.43. The molecule has 0 radical (unpaired) electrons. The summed E-state index contributed by atoms with van der Waals surface area (Å²) in [7, 11) is 0. The Hall–Kier alpha value is -3.75. The number of amides is 2. The van der Waals surface area contributed by atoms with E-state index < -0.39 is 24.4 Å². The molecular formula is C25H17BrClN3O4. The molecule has 4 rings (SSSR count). The maximum atomic E-state index is 12.9. The van der Waals surface area contributed by atoms with E-state index >= 15 is 0 Å². The van der Waals surface area contributed by atoms with Crippen LogP contribution < -0.4 is 10.9 Å². The van der Waals surface area contributed by atoms with Crippen molar-refractivity contribution in [1.82, 2.24) is 15.8 Å². The molecule has 0 aliphatic heterocycles. The van der Waals surface area contributed by atoms with Gasteiger partial charge in [0.05, 0.1) is 16.8 Å². The van der Waals surface area contributed by atoms with E-state index in [1.807, 2.05) is 12.1 Å². The van der Waals surface area contributed by atoms with E-state index in [0.717, 1.165) is 4.47 Å². The van der Waals surface area contributed by atoms with Gasteiger partial charge in [-0.15, -0.1) is 0 Å². The van der Waals surface area contributed by atoms with Crippen LogP contribution in [0.3, 0.4) is 0 Å². The number of pyridine rings is 1. The second-order valence-electron chi connectivity index (χ2n) is 7.14. The standard InChI is InChI=1S/C25H17BrClN3O4/c26-16-11-9-15(10-12-16)24(32)30-29-23(31)14-34-25(33)19-13-22(18-6-1-3-7-20(18)27)28-21-8-4-2-5-17(19)21/h1-13H,14H2,(H,29,31)(H,30,32). The normalized spacial score (nSPS) is 10.5. The van der Waals surface area contributed by atoms with Crippen LogP contribution in [0, 0.1) is 0 Å². The van der Waals surface area contributed by atoms with Crippen molar-refractivity contribution < 1.29 is 19.1 Å². The van der Waals surface area contributed by atoms with Gasteiger partial charge in [-0.3, -0.25) is 20.4 Å². The zero-order chi connectivity index (χ0) is 24.1. The summed E-state index contributed by atoms with van der Waals surface area (Å²) in [5.41, 5.74) is 6.85. The number of benzene rings is 3. The average molecular weight is 539 g/mol. The number of esters is 1. The van der Waals surface area contributed by atoms with Crippen molar-refractivity contribution in [3.8, 4) is 11.3 Å². The number of nitrogens with one attached hydrogen (secondary N) is 2. The number of hydrogen-bond donors (Lipinski definition) is 2. The molecule has 0 atom stereocenters. The fourth-order valence-corrected chi connectivity index (χ4v) is 3.69. The minimum absolute atomic E-state index is 0.243. The van der Waals surface area contributed by atoms with E-state index in [1.54, 1.807) is 66.7 Å². The van der Waals surface area contributed by atoms with E-state index in [2.05, 4.69) is 31.8 Å². The van der Waals surface area contributed by atoms with Crippen LogP contribution in [0.1, 0.15) is 20.7 Å². The highest BCUT2D eigenvalue weighted by Gasteiger charge is 2.17. The number of hydrazine groups is 1. The van der Waals surface area contributed by atoms with Crippen LogP contribution in [0.4, 0.5) is 0 Å². The Morgan fingerprint density at radius 2 is 1.62 bits per heavy atom. The summed E-state index contributed by atoms with van der Waals surface area (Å²) in [5, 5.41) is 1.07. The molecule has 34 heavy (non-hydrogen) atoms. The van der Waals surface area contributed by atoms with Gasteiger partial charge in [0.15, 0.2) is 6.61 Å². The van der Waals surface area contributed by atoms with E-state index in [1.165, 1.54) is 0 Å². The summed E-state index contributed by atoms with van der Waals surface area (Å²) in [5.74, 6) is -1.90. The Morgan fingerprint density at radius 3 is 2.38 bits per heavy atom. The lowest BCUT2D eigenvalue weighted by molar-refractivity contribution is -0.125. The van der Waals surface area contributed by atoms with Gasteiger partial charge in [-0.2, -0.15) is 0 Å². The van der Waals surface area contributed by atoms with Gasteiger partial charge in [0.2, 0.25) is 0 Å². The minimum atomic E-state index is -0.707. The molecule has 7 nitrogen and oxygen atoms in total. The first-order valence-electron chi connectivity index (χ1n) is 10.1. The summed E-state index contributed by atoms with van der Waals surface area (Å²) in [4.78, 5) is 41.7. The third-order valence-electron chi connectivity index (χ3n) is 4.84. The fourth-order valence-electron chi connectivity index (χ4n) is 3.20. The molecule has 2 N–H and O–H groups in total. The molecule has 2 amide bonds. The number of para-hydroxylation sites is 1. The number of nitrogens with zero attached hydrogens (tertiary/aromatic N) is 1. The molecule has 0 unspecified atom stereocenters. The van der Waals surface area contributed by atoms with Gasteiger partial charge in [0, 0.05) is 26.0 Å². The van der Waals surface area contributed by atoms with Crippen molar-refractivity contribution in [3.05, 3.63) is 99.5 Å². The van der Waals surface area contributed by atoms with Crippen LogP contribution in [-0.4, -0.2) is 29.4 Å². The molecule has 0 bridgehead atoms. The first-order chi connectivity index (χ1) is 16.4. The zero-order valence-electron chi connectivity index (χ0n) is 17.5. The molecule has 0 fully saturated rings. The van der Waals surface area contributed by atoms with Crippen molar-refractivity contribution in [2.75, 3.05) is 6.61 Å². The van der Waals surface area contributed by atoms with Crippen LogP contribution in [-0.2, 0) is 9.53 Å². The van der Waals surface area contributed by atoms with E-state index in [4.69, 9.17) is 16.3 Å². The molecule has 0 spiro atoms. The van der Waals surface area contributed by atoms with Crippen LogP contribution in [0.25, 0.3) is 22.2 Å². The van der Waals surface area contributed by atoms with Crippen molar-refractivity contribution in [2.24, 2.45) is 0 Å². The van der Waals surface area contributed by atoms with E-state index in [-0.39, 0.29) is 5.56 Å².